The van der Waals surface area contributed by atoms with Crippen molar-refractivity contribution in [2.75, 3.05) is 5.32 Å². The third-order valence-corrected chi connectivity index (χ3v) is 6.43. The Morgan fingerprint density at radius 1 is 0.938 bits per heavy atom. The molecule has 32 heavy (non-hydrogen) atoms. The number of carbonyl (C=O) groups excluding carboxylic acids is 3. The molecule has 2 heterocycles. The van der Waals surface area contributed by atoms with Crippen LogP contribution in [-0.2, 0) is 15.1 Å². The Hall–Kier alpha value is -3.80. The fraction of sp³-hybridized carbons (Fsp3) is 0.231. The van der Waals surface area contributed by atoms with E-state index in [2.05, 4.69) is 10.3 Å². The molecule has 2 aliphatic rings. The molecule has 1 aromatic heterocycles. The minimum absolute atomic E-state index is 0.0531. The zero-order valence-corrected chi connectivity index (χ0v) is 17.4. The van der Waals surface area contributed by atoms with Crippen LogP contribution in [-0.4, -0.2) is 22.6 Å². The lowest BCUT2D eigenvalue weighted by molar-refractivity contribution is -0.122. The van der Waals surface area contributed by atoms with Gasteiger partial charge in [-0.1, -0.05) is 30.3 Å². The van der Waals surface area contributed by atoms with Crippen molar-refractivity contribution in [2.24, 2.45) is 5.92 Å². The Labute approximate surface area is 185 Å². The molecular weight excluding hydrogens is 404 g/mol. The van der Waals surface area contributed by atoms with E-state index in [1.807, 2.05) is 24.3 Å². The maximum Gasteiger partial charge on any atom is 0.341 e. The van der Waals surface area contributed by atoms with E-state index in [1.54, 1.807) is 48.8 Å². The molecule has 3 aromatic rings. The Morgan fingerprint density at radius 2 is 1.62 bits per heavy atom. The number of fused-ring (bicyclic) bond motifs is 2. The smallest absolute Gasteiger partial charge is 0.341 e. The van der Waals surface area contributed by atoms with Crippen molar-refractivity contribution in [1.29, 1.82) is 0 Å². The second-order valence-corrected chi connectivity index (χ2v) is 8.34. The fourth-order valence-electron chi connectivity index (χ4n) is 4.66. The summed E-state index contributed by atoms with van der Waals surface area (Å²) in [5.74, 6) is -0.596. The van der Waals surface area contributed by atoms with E-state index >= 15 is 0 Å². The van der Waals surface area contributed by atoms with Crippen LogP contribution in [0.2, 0.25) is 0 Å². The van der Waals surface area contributed by atoms with Crippen molar-refractivity contribution in [2.45, 2.75) is 31.3 Å². The van der Waals surface area contributed by atoms with Gasteiger partial charge in [0.1, 0.15) is 5.60 Å². The van der Waals surface area contributed by atoms with E-state index in [0.29, 0.717) is 48.1 Å². The van der Waals surface area contributed by atoms with E-state index in [-0.39, 0.29) is 23.6 Å². The highest BCUT2D eigenvalue weighted by molar-refractivity contribution is 6.09. The fourth-order valence-corrected chi connectivity index (χ4v) is 4.66. The molecule has 1 N–H and O–H groups in total. The molecule has 0 saturated heterocycles. The lowest BCUT2D eigenvalue weighted by Crippen LogP contribution is -2.36. The topological polar surface area (TPSA) is 85.4 Å². The molecule has 6 heteroatoms. The van der Waals surface area contributed by atoms with Crippen molar-refractivity contribution < 1.29 is 19.1 Å². The number of hydrogen-bond acceptors (Lipinski definition) is 5. The van der Waals surface area contributed by atoms with Crippen LogP contribution in [0.5, 0.6) is 0 Å². The van der Waals surface area contributed by atoms with Gasteiger partial charge in [-0.05, 0) is 56.0 Å². The summed E-state index contributed by atoms with van der Waals surface area (Å²) >= 11 is 0. The monoisotopic (exact) mass is 426 g/mol. The summed E-state index contributed by atoms with van der Waals surface area (Å²) in [6, 6.07) is 17.9. The van der Waals surface area contributed by atoms with Gasteiger partial charge in [0, 0.05) is 40.7 Å². The number of hydrogen-bond donors (Lipinski definition) is 1. The second-order valence-electron chi connectivity index (χ2n) is 8.34. The van der Waals surface area contributed by atoms with Gasteiger partial charge in [0.2, 0.25) is 5.91 Å². The average Bonchev–Trinajstić information content (AvgIpc) is 3.11. The molecule has 1 fully saturated rings. The molecule has 1 spiro atoms. The number of rotatable bonds is 4. The van der Waals surface area contributed by atoms with E-state index in [9.17, 15) is 14.4 Å². The number of benzene rings is 2. The molecule has 6 nitrogen and oxygen atoms in total. The van der Waals surface area contributed by atoms with E-state index in [1.165, 1.54) is 0 Å². The molecule has 2 aromatic carbocycles. The van der Waals surface area contributed by atoms with Gasteiger partial charge in [0.15, 0.2) is 5.78 Å². The third-order valence-electron chi connectivity index (χ3n) is 6.43. The van der Waals surface area contributed by atoms with Gasteiger partial charge in [-0.15, -0.1) is 0 Å². The Balaban J connectivity index is 1.22. The minimum atomic E-state index is -0.633. The van der Waals surface area contributed by atoms with E-state index in [0.717, 1.165) is 5.56 Å². The lowest BCUT2D eigenvalue weighted by atomic mass is 9.75. The van der Waals surface area contributed by atoms with Crippen molar-refractivity contribution in [3.05, 3.63) is 95.3 Å². The number of esters is 1. The number of ether oxygens (including phenoxy) is 1. The summed E-state index contributed by atoms with van der Waals surface area (Å²) in [4.78, 5) is 41.6. The molecule has 5 rings (SSSR count). The van der Waals surface area contributed by atoms with Crippen molar-refractivity contribution in [3.8, 4) is 0 Å². The standard InChI is InChI=1S/C26H22N2O4/c29-23(17-4-2-1-3-5-17)18-6-8-20(9-7-18)28-24(30)19-10-13-26(14-11-19)22-12-15-27-16-21(22)25(31)32-26/h1-9,12,15-16,19H,10-11,13-14H2,(H,28,30)/t19-,26-. The SMILES string of the molecule is O=C(c1ccccc1)c1ccc(NC(=O)[C@H]2CC[C@@]3(CC2)OC(=O)c2cnccc23)cc1. The highest BCUT2D eigenvalue weighted by Gasteiger charge is 2.48. The molecule has 0 atom stereocenters. The van der Waals surface area contributed by atoms with Crippen molar-refractivity contribution in [1.82, 2.24) is 4.98 Å². The summed E-state index contributed by atoms with van der Waals surface area (Å²) in [7, 11) is 0. The van der Waals surface area contributed by atoms with Gasteiger partial charge in [-0.25, -0.2) is 4.79 Å². The van der Waals surface area contributed by atoms with Crippen LogP contribution in [0.1, 0.15) is 57.5 Å². The van der Waals surface area contributed by atoms with E-state index < -0.39 is 5.60 Å². The number of anilines is 1. The summed E-state index contributed by atoms with van der Waals surface area (Å²) in [5, 5.41) is 2.96. The number of nitrogens with one attached hydrogen (secondary N) is 1. The lowest BCUT2D eigenvalue weighted by Gasteiger charge is -2.35. The van der Waals surface area contributed by atoms with Gasteiger partial charge in [-0.2, -0.15) is 0 Å². The number of ketones is 1. The number of amides is 1. The predicted molar refractivity (Wildman–Crippen MR) is 118 cm³/mol. The maximum atomic E-state index is 12.8. The van der Waals surface area contributed by atoms with Crippen LogP contribution in [0.4, 0.5) is 5.69 Å². The van der Waals surface area contributed by atoms with Crippen molar-refractivity contribution >= 4 is 23.3 Å². The van der Waals surface area contributed by atoms with Crippen LogP contribution in [0, 0.1) is 5.92 Å². The largest absolute Gasteiger partial charge is 0.451 e. The number of carbonyl (C=O) groups is 3. The molecule has 1 amide bonds. The van der Waals surface area contributed by atoms with Crippen molar-refractivity contribution in [3.63, 3.8) is 0 Å². The zero-order chi connectivity index (χ0) is 22.1. The van der Waals surface area contributed by atoms with Gasteiger partial charge < -0.3 is 10.1 Å². The van der Waals surface area contributed by atoms with Gasteiger partial charge >= 0.3 is 5.97 Å². The Kier molecular flexibility index (Phi) is 5.05. The number of aromatic nitrogens is 1. The first-order chi connectivity index (χ1) is 15.6. The first-order valence-electron chi connectivity index (χ1n) is 10.7. The molecule has 0 bridgehead atoms. The summed E-state index contributed by atoms with van der Waals surface area (Å²) in [6.07, 6.45) is 5.71. The molecule has 1 aliphatic carbocycles. The third kappa shape index (κ3) is 3.58. The second kappa shape index (κ2) is 8.04. The van der Waals surface area contributed by atoms with E-state index in [4.69, 9.17) is 4.74 Å². The number of pyridine rings is 1. The van der Waals surface area contributed by atoms with Crippen LogP contribution >= 0.6 is 0 Å². The highest BCUT2D eigenvalue weighted by atomic mass is 16.6. The molecule has 1 aliphatic heterocycles. The summed E-state index contributed by atoms with van der Waals surface area (Å²) < 4.78 is 5.74. The Bertz CT molecular complexity index is 1180. The molecule has 160 valence electrons. The molecule has 1 saturated carbocycles. The maximum absolute atomic E-state index is 12.8. The minimum Gasteiger partial charge on any atom is -0.451 e. The summed E-state index contributed by atoms with van der Waals surface area (Å²) in [6.45, 7) is 0. The first kappa shape index (κ1) is 20.1. The first-order valence-corrected chi connectivity index (χ1v) is 10.7. The normalized spacial score (nSPS) is 21.6. The Morgan fingerprint density at radius 3 is 2.34 bits per heavy atom. The number of nitrogens with zero attached hydrogens (tertiary/aromatic N) is 1. The van der Waals surface area contributed by atoms with Crippen LogP contribution in [0.3, 0.4) is 0 Å². The van der Waals surface area contributed by atoms with Crippen LogP contribution < -0.4 is 5.32 Å². The van der Waals surface area contributed by atoms with Gasteiger partial charge in [-0.3, -0.25) is 14.6 Å². The van der Waals surface area contributed by atoms with Gasteiger partial charge in [0.05, 0.1) is 5.56 Å². The van der Waals surface area contributed by atoms with Gasteiger partial charge in [0.25, 0.3) is 0 Å². The zero-order valence-electron chi connectivity index (χ0n) is 17.4. The molecule has 0 unspecified atom stereocenters. The van der Waals surface area contributed by atoms with Crippen LogP contribution in [0.25, 0.3) is 0 Å². The molecule has 0 radical (unpaired) electrons. The quantitative estimate of drug-likeness (QED) is 0.490. The average molecular weight is 426 g/mol. The highest BCUT2D eigenvalue weighted by Crippen LogP contribution is 2.47. The predicted octanol–water partition coefficient (Wildman–Crippen LogP) is 4.51. The van der Waals surface area contributed by atoms with Crippen LogP contribution in [0.15, 0.2) is 73.1 Å². The molecular formula is C26H22N2O4. The summed E-state index contributed by atoms with van der Waals surface area (Å²) in [5.41, 5.74) is 2.64.